The van der Waals surface area contributed by atoms with Gasteiger partial charge in [-0.15, -0.1) is 0 Å². The lowest BCUT2D eigenvalue weighted by Crippen LogP contribution is -1.93. The Bertz CT molecular complexity index is 336. The minimum Gasteiger partial charge on any atom is -0.300 e. The van der Waals surface area contributed by atoms with Crippen LogP contribution in [-0.2, 0) is 11.2 Å². The van der Waals surface area contributed by atoms with Crippen molar-refractivity contribution in [2.45, 2.75) is 26.2 Å². The molecule has 0 saturated carbocycles. The molecule has 0 fully saturated rings. The number of Topliss-reactive ketones (excluding diaryl/α,β-unsaturated/α-hetero) is 1. The Hall–Kier alpha value is -0.700. The number of carbonyl (C=O) groups is 1. The van der Waals surface area contributed by atoms with E-state index < -0.39 is 0 Å². The van der Waals surface area contributed by atoms with Crippen LogP contribution in [-0.4, -0.2) is 5.78 Å². The van der Waals surface area contributed by atoms with Gasteiger partial charge < -0.3 is 4.79 Å². The van der Waals surface area contributed by atoms with E-state index in [1.807, 2.05) is 0 Å². The lowest BCUT2D eigenvalue weighted by Gasteiger charge is -2.01. The van der Waals surface area contributed by atoms with Gasteiger partial charge in [0.2, 0.25) is 0 Å². The average molecular weight is 259 g/mol. The second kappa shape index (κ2) is 5.25. The predicted molar refractivity (Wildman–Crippen MR) is 57.7 cm³/mol. The number of ketones is 1. The molecule has 0 unspecified atom stereocenters. The van der Waals surface area contributed by atoms with E-state index >= 15 is 0 Å². The van der Waals surface area contributed by atoms with Gasteiger partial charge in [-0.2, -0.15) is 0 Å². The molecule has 0 radical (unpaired) electrons. The van der Waals surface area contributed by atoms with Gasteiger partial charge in [0.25, 0.3) is 0 Å². The van der Waals surface area contributed by atoms with Crippen LogP contribution in [0.15, 0.2) is 22.7 Å². The van der Waals surface area contributed by atoms with Gasteiger partial charge in [-0.1, -0.05) is 6.07 Å². The van der Waals surface area contributed by atoms with Crippen LogP contribution in [0, 0.1) is 5.82 Å². The Morgan fingerprint density at radius 1 is 1.50 bits per heavy atom. The molecular weight excluding hydrogens is 247 g/mol. The van der Waals surface area contributed by atoms with Crippen molar-refractivity contribution in [2.24, 2.45) is 0 Å². The lowest BCUT2D eigenvalue weighted by atomic mass is 10.1. The van der Waals surface area contributed by atoms with Gasteiger partial charge in [0.15, 0.2) is 0 Å². The summed E-state index contributed by atoms with van der Waals surface area (Å²) in [6.45, 7) is 1.58. The third-order valence-corrected chi connectivity index (χ3v) is 2.59. The molecule has 0 aliphatic heterocycles. The molecule has 1 aromatic rings. The van der Waals surface area contributed by atoms with Gasteiger partial charge in [0.05, 0.1) is 4.47 Å². The maximum Gasteiger partial charge on any atom is 0.137 e. The standard InChI is InChI=1S/C11H12BrFO/c1-8(14)3-2-4-9-5-6-11(13)10(12)7-9/h5-7H,2-4H2,1H3. The van der Waals surface area contributed by atoms with E-state index in [9.17, 15) is 9.18 Å². The highest BCUT2D eigenvalue weighted by molar-refractivity contribution is 9.10. The van der Waals surface area contributed by atoms with Gasteiger partial charge in [-0.25, -0.2) is 4.39 Å². The van der Waals surface area contributed by atoms with E-state index in [1.165, 1.54) is 6.07 Å². The number of benzene rings is 1. The van der Waals surface area contributed by atoms with E-state index in [0.717, 1.165) is 18.4 Å². The zero-order valence-corrected chi connectivity index (χ0v) is 9.60. The molecule has 1 aromatic carbocycles. The Morgan fingerprint density at radius 2 is 2.21 bits per heavy atom. The van der Waals surface area contributed by atoms with E-state index in [0.29, 0.717) is 10.9 Å². The van der Waals surface area contributed by atoms with Gasteiger partial charge in [0.1, 0.15) is 11.6 Å². The van der Waals surface area contributed by atoms with E-state index in [2.05, 4.69) is 15.9 Å². The highest BCUT2D eigenvalue weighted by Crippen LogP contribution is 2.18. The molecule has 0 spiro atoms. The monoisotopic (exact) mass is 258 g/mol. The molecule has 0 amide bonds. The topological polar surface area (TPSA) is 17.1 Å². The highest BCUT2D eigenvalue weighted by atomic mass is 79.9. The molecule has 0 atom stereocenters. The van der Waals surface area contributed by atoms with Crippen molar-refractivity contribution in [3.05, 3.63) is 34.1 Å². The van der Waals surface area contributed by atoms with Crippen molar-refractivity contribution in [3.8, 4) is 0 Å². The highest BCUT2D eigenvalue weighted by Gasteiger charge is 2.01. The molecule has 1 rings (SSSR count). The molecule has 0 bridgehead atoms. The maximum atomic E-state index is 12.8. The fourth-order valence-corrected chi connectivity index (χ4v) is 1.66. The van der Waals surface area contributed by atoms with Crippen molar-refractivity contribution < 1.29 is 9.18 Å². The molecule has 0 N–H and O–H groups in total. The summed E-state index contributed by atoms with van der Waals surface area (Å²) in [6.07, 6.45) is 2.24. The molecular formula is C11H12BrFO. The van der Waals surface area contributed by atoms with E-state index in [4.69, 9.17) is 0 Å². The number of hydrogen-bond donors (Lipinski definition) is 0. The van der Waals surface area contributed by atoms with Crippen LogP contribution >= 0.6 is 15.9 Å². The van der Waals surface area contributed by atoms with Crippen LogP contribution in [0.4, 0.5) is 4.39 Å². The Labute approximate surface area is 91.5 Å². The second-order valence-electron chi connectivity index (χ2n) is 3.30. The smallest absolute Gasteiger partial charge is 0.137 e. The van der Waals surface area contributed by atoms with Crippen LogP contribution in [0.3, 0.4) is 0 Å². The largest absolute Gasteiger partial charge is 0.300 e. The van der Waals surface area contributed by atoms with Crippen molar-refractivity contribution in [1.29, 1.82) is 0 Å². The van der Waals surface area contributed by atoms with Crippen molar-refractivity contribution in [1.82, 2.24) is 0 Å². The minimum absolute atomic E-state index is 0.200. The van der Waals surface area contributed by atoms with Gasteiger partial charge in [0, 0.05) is 6.42 Å². The number of hydrogen-bond acceptors (Lipinski definition) is 1. The summed E-state index contributed by atoms with van der Waals surface area (Å²) in [4.78, 5) is 10.7. The summed E-state index contributed by atoms with van der Waals surface area (Å²) < 4.78 is 13.3. The molecule has 14 heavy (non-hydrogen) atoms. The van der Waals surface area contributed by atoms with Gasteiger partial charge in [-0.05, 0) is 53.4 Å². The van der Waals surface area contributed by atoms with Crippen molar-refractivity contribution >= 4 is 21.7 Å². The first-order valence-electron chi connectivity index (χ1n) is 4.53. The molecule has 3 heteroatoms. The first-order chi connectivity index (χ1) is 6.59. The zero-order chi connectivity index (χ0) is 10.6. The predicted octanol–water partition coefficient (Wildman–Crippen LogP) is 3.50. The van der Waals surface area contributed by atoms with Crippen LogP contribution < -0.4 is 0 Å². The van der Waals surface area contributed by atoms with Crippen molar-refractivity contribution in [3.63, 3.8) is 0 Å². The molecule has 0 aromatic heterocycles. The molecule has 0 heterocycles. The average Bonchev–Trinajstić information content (AvgIpc) is 2.10. The third-order valence-electron chi connectivity index (χ3n) is 1.98. The fourth-order valence-electron chi connectivity index (χ4n) is 1.24. The zero-order valence-electron chi connectivity index (χ0n) is 8.02. The number of aryl methyl sites for hydroxylation is 1. The molecule has 0 aliphatic rings. The Morgan fingerprint density at radius 3 is 2.79 bits per heavy atom. The molecule has 0 aliphatic carbocycles. The summed E-state index contributed by atoms with van der Waals surface area (Å²) >= 11 is 3.12. The van der Waals surface area contributed by atoms with Gasteiger partial charge >= 0.3 is 0 Å². The number of carbonyl (C=O) groups excluding carboxylic acids is 1. The first kappa shape index (κ1) is 11.4. The number of halogens is 2. The van der Waals surface area contributed by atoms with Crippen LogP contribution in [0.5, 0.6) is 0 Å². The summed E-state index contributed by atoms with van der Waals surface area (Å²) in [6, 6.07) is 4.95. The summed E-state index contributed by atoms with van der Waals surface area (Å²) in [5, 5.41) is 0. The molecule has 1 nitrogen and oxygen atoms in total. The molecule has 0 saturated heterocycles. The lowest BCUT2D eigenvalue weighted by molar-refractivity contribution is -0.117. The summed E-state index contributed by atoms with van der Waals surface area (Å²) in [5.41, 5.74) is 1.06. The normalized spacial score (nSPS) is 10.2. The Kier molecular flexibility index (Phi) is 4.26. The summed E-state index contributed by atoms with van der Waals surface area (Å²) in [7, 11) is 0. The van der Waals surface area contributed by atoms with E-state index in [1.54, 1.807) is 19.1 Å². The minimum atomic E-state index is -0.250. The van der Waals surface area contributed by atoms with E-state index in [-0.39, 0.29) is 11.6 Å². The summed E-state index contributed by atoms with van der Waals surface area (Å²) in [5.74, 6) is -0.0495. The third kappa shape index (κ3) is 3.58. The van der Waals surface area contributed by atoms with Gasteiger partial charge in [-0.3, -0.25) is 0 Å². The SMILES string of the molecule is CC(=O)CCCc1ccc(F)c(Br)c1. The first-order valence-corrected chi connectivity index (χ1v) is 5.32. The fraction of sp³-hybridized carbons (Fsp3) is 0.364. The Balaban J connectivity index is 2.51. The maximum absolute atomic E-state index is 12.8. The number of rotatable bonds is 4. The van der Waals surface area contributed by atoms with Crippen LogP contribution in [0.25, 0.3) is 0 Å². The molecule has 76 valence electrons. The van der Waals surface area contributed by atoms with Crippen molar-refractivity contribution in [2.75, 3.05) is 0 Å². The van der Waals surface area contributed by atoms with Crippen LogP contribution in [0.1, 0.15) is 25.3 Å². The second-order valence-corrected chi connectivity index (χ2v) is 4.16. The quantitative estimate of drug-likeness (QED) is 0.808. The van der Waals surface area contributed by atoms with Crippen LogP contribution in [0.2, 0.25) is 0 Å².